The average molecular weight is 349 g/mol. The van der Waals surface area contributed by atoms with E-state index in [1.165, 1.54) is 12.1 Å². The summed E-state index contributed by atoms with van der Waals surface area (Å²) in [5, 5.41) is 9.63. The molecule has 1 aliphatic heterocycles. The van der Waals surface area contributed by atoms with E-state index >= 15 is 0 Å². The number of nitrogens with zero attached hydrogens (tertiary/aromatic N) is 1. The SMILES string of the molecule is CC1(C)SC(=O)N(C[C@H](O)c2ccc(OC(F)(F)F)cc2)C1=O. The third-order valence-electron chi connectivity index (χ3n) is 3.18. The number of hydrogen-bond acceptors (Lipinski definition) is 5. The highest BCUT2D eigenvalue weighted by Crippen LogP contribution is 2.37. The number of aliphatic hydroxyl groups excluding tert-OH is 1. The number of amides is 2. The van der Waals surface area contributed by atoms with Crippen molar-refractivity contribution < 1.29 is 32.6 Å². The third kappa shape index (κ3) is 4.17. The van der Waals surface area contributed by atoms with Crippen molar-refractivity contribution >= 4 is 22.9 Å². The Morgan fingerprint density at radius 1 is 1.26 bits per heavy atom. The molecule has 0 radical (unpaired) electrons. The molecule has 1 N–H and O–H groups in total. The largest absolute Gasteiger partial charge is 0.573 e. The van der Waals surface area contributed by atoms with Gasteiger partial charge in [0.25, 0.3) is 5.24 Å². The molecule has 1 heterocycles. The number of halogens is 3. The van der Waals surface area contributed by atoms with Gasteiger partial charge in [-0.25, -0.2) is 0 Å². The monoisotopic (exact) mass is 349 g/mol. The van der Waals surface area contributed by atoms with Crippen molar-refractivity contribution in [2.45, 2.75) is 31.1 Å². The average Bonchev–Trinajstić information content (AvgIpc) is 2.60. The number of β-amino-alcohol motifs (C(OH)–C–C–N with tert-alkyl or cyclic N) is 1. The number of imide groups is 1. The van der Waals surface area contributed by atoms with Gasteiger partial charge in [0.15, 0.2) is 0 Å². The van der Waals surface area contributed by atoms with Crippen LogP contribution >= 0.6 is 11.8 Å². The van der Waals surface area contributed by atoms with Crippen LogP contribution < -0.4 is 4.74 Å². The van der Waals surface area contributed by atoms with Crippen LogP contribution in [-0.4, -0.2) is 38.8 Å². The molecule has 1 fully saturated rings. The molecule has 1 atom stereocenters. The Morgan fingerprint density at radius 3 is 2.26 bits per heavy atom. The number of benzene rings is 1. The second-order valence-corrected chi connectivity index (χ2v) is 7.00. The molecule has 126 valence electrons. The van der Waals surface area contributed by atoms with Gasteiger partial charge in [0.2, 0.25) is 5.91 Å². The Balaban J connectivity index is 2.05. The number of carbonyl (C=O) groups is 2. The number of alkyl halides is 3. The minimum Gasteiger partial charge on any atom is -0.406 e. The molecule has 2 rings (SSSR count). The van der Waals surface area contributed by atoms with Crippen molar-refractivity contribution in [3.63, 3.8) is 0 Å². The van der Waals surface area contributed by atoms with Crippen LogP contribution in [0.4, 0.5) is 18.0 Å². The topological polar surface area (TPSA) is 66.8 Å². The van der Waals surface area contributed by atoms with E-state index in [1.807, 2.05) is 0 Å². The van der Waals surface area contributed by atoms with Gasteiger partial charge in [-0.1, -0.05) is 12.1 Å². The highest BCUT2D eigenvalue weighted by Gasteiger charge is 2.46. The van der Waals surface area contributed by atoms with Crippen molar-refractivity contribution in [2.24, 2.45) is 0 Å². The van der Waals surface area contributed by atoms with Crippen LogP contribution in [0.15, 0.2) is 24.3 Å². The number of hydrogen-bond donors (Lipinski definition) is 1. The summed E-state index contributed by atoms with van der Waals surface area (Å²) < 4.78 is 39.1. The molecule has 0 bridgehead atoms. The Hall–Kier alpha value is -1.74. The summed E-state index contributed by atoms with van der Waals surface area (Å²) in [7, 11) is 0. The van der Waals surface area contributed by atoms with Crippen molar-refractivity contribution in [3.8, 4) is 5.75 Å². The van der Waals surface area contributed by atoms with Gasteiger partial charge in [0.1, 0.15) is 5.75 Å². The maximum absolute atomic E-state index is 12.1. The minimum atomic E-state index is -4.79. The summed E-state index contributed by atoms with van der Waals surface area (Å²) in [6.07, 6.45) is -5.99. The quantitative estimate of drug-likeness (QED) is 0.905. The maximum atomic E-state index is 12.1. The zero-order valence-corrected chi connectivity index (χ0v) is 13.1. The molecule has 23 heavy (non-hydrogen) atoms. The van der Waals surface area contributed by atoms with Crippen LogP contribution in [0.25, 0.3) is 0 Å². The lowest BCUT2D eigenvalue weighted by molar-refractivity contribution is -0.274. The molecule has 0 aliphatic carbocycles. The molecular weight excluding hydrogens is 335 g/mol. The number of ether oxygens (including phenoxy) is 1. The number of aliphatic hydroxyl groups is 1. The fourth-order valence-corrected chi connectivity index (χ4v) is 2.95. The predicted octanol–water partition coefficient (Wildman–Crippen LogP) is 3.09. The summed E-state index contributed by atoms with van der Waals surface area (Å²) in [4.78, 5) is 24.8. The van der Waals surface area contributed by atoms with Gasteiger partial charge in [0.05, 0.1) is 17.4 Å². The predicted molar refractivity (Wildman–Crippen MR) is 76.9 cm³/mol. The standard InChI is InChI=1S/C14H14F3NO4S/c1-13(2)11(20)18(12(21)23-13)7-10(19)8-3-5-9(6-4-8)22-14(15,16)17/h3-6,10,19H,7H2,1-2H3/t10-/m0/s1. The smallest absolute Gasteiger partial charge is 0.406 e. The Labute approximate surface area is 134 Å². The van der Waals surface area contributed by atoms with Crippen molar-refractivity contribution in [3.05, 3.63) is 29.8 Å². The molecule has 0 aromatic heterocycles. The van der Waals surface area contributed by atoms with Crippen molar-refractivity contribution in [1.82, 2.24) is 4.90 Å². The van der Waals surface area contributed by atoms with Gasteiger partial charge < -0.3 is 9.84 Å². The van der Waals surface area contributed by atoms with Gasteiger partial charge in [-0.05, 0) is 43.3 Å². The van der Waals surface area contributed by atoms with Crippen LogP contribution in [0.1, 0.15) is 25.5 Å². The van der Waals surface area contributed by atoms with E-state index in [2.05, 4.69) is 4.74 Å². The first kappa shape index (κ1) is 17.6. The molecule has 1 saturated heterocycles. The summed E-state index contributed by atoms with van der Waals surface area (Å²) in [6, 6.07) is 4.60. The fourth-order valence-electron chi connectivity index (χ4n) is 2.05. The molecule has 0 spiro atoms. The van der Waals surface area contributed by atoms with E-state index in [9.17, 15) is 27.9 Å². The van der Waals surface area contributed by atoms with Crippen LogP contribution in [0.5, 0.6) is 5.75 Å². The fraction of sp³-hybridized carbons (Fsp3) is 0.429. The van der Waals surface area contributed by atoms with Gasteiger partial charge in [-0.3, -0.25) is 14.5 Å². The summed E-state index contributed by atoms with van der Waals surface area (Å²) in [6.45, 7) is 2.95. The first-order valence-corrected chi connectivity index (χ1v) is 7.40. The van der Waals surface area contributed by atoms with Gasteiger partial charge in [0, 0.05) is 0 Å². The van der Waals surface area contributed by atoms with Gasteiger partial charge >= 0.3 is 6.36 Å². The van der Waals surface area contributed by atoms with Gasteiger partial charge in [-0.2, -0.15) is 0 Å². The third-order valence-corrected chi connectivity index (χ3v) is 4.26. The first-order valence-electron chi connectivity index (χ1n) is 6.58. The van der Waals surface area contributed by atoms with E-state index in [0.717, 1.165) is 28.8 Å². The van der Waals surface area contributed by atoms with E-state index in [4.69, 9.17) is 0 Å². The Morgan fingerprint density at radius 2 is 1.83 bits per heavy atom. The Kier molecular flexibility index (Phi) is 4.63. The zero-order chi connectivity index (χ0) is 17.4. The minimum absolute atomic E-state index is 0.256. The first-order chi connectivity index (χ1) is 10.5. The molecule has 0 unspecified atom stereocenters. The van der Waals surface area contributed by atoms with Crippen molar-refractivity contribution in [1.29, 1.82) is 0 Å². The highest BCUT2D eigenvalue weighted by atomic mass is 32.2. The number of rotatable bonds is 4. The van der Waals surface area contributed by atoms with Crippen LogP contribution in [0.3, 0.4) is 0 Å². The van der Waals surface area contributed by atoms with Crippen LogP contribution in [-0.2, 0) is 4.79 Å². The van der Waals surface area contributed by atoms with Crippen LogP contribution in [0, 0.1) is 0 Å². The van der Waals surface area contributed by atoms with E-state index in [0.29, 0.717) is 0 Å². The van der Waals surface area contributed by atoms with E-state index in [1.54, 1.807) is 13.8 Å². The molecule has 1 aromatic rings. The number of thioether (sulfide) groups is 1. The molecule has 1 aliphatic rings. The van der Waals surface area contributed by atoms with Crippen molar-refractivity contribution in [2.75, 3.05) is 6.54 Å². The molecule has 0 saturated carbocycles. The number of carbonyl (C=O) groups excluding carboxylic acids is 2. The molecule has 5 nitrogen and oxygen atoms in total. The lowest BCUT2D eigenvalue weighted by atomic mass is 10.1. The molecule has 2 amide bonds. The lowest BCUT2D eigenvalue weighted by Gasteiger charge is -2.20. The normalized spacial score (nSPS) is 19.1. The second kappa shape index (κ2) is 6.04. The summed E-state index contributed by atoms with van der Waals surface area (Å²) in [5.41, 5.74) is 0.273. The van der Waals surface area contributed by atoms with E-state index < -0.39 is 34.1 Å². The van der Waals surface area contributed by atoms with Crippen LogP contribution in [0.2, 0.25) is 0 Å². The molecule has 1 aromatic carbocycles. The zero-order valence-electron chi connectivity index (χ0n) is 12.3. The molecular formula is C14H14F3NO4S. The van der Waals surface area contributed by atoms with E-state index in [-0.39, 0.29) is 12.1 Å². The highest BCUT2D eigenvalue weighted by molar-refractivity contribution is 8.16. The maximum Gasteiger partial charge on any atom is 0.573 e. The summed E-state index contributed by atoms with van der Waals surface area (Å²) in [5.74, 6) is -0.831. The summed E-state index contributed by atoms with van der Waals surface area (Å²) >= 11 is 0.866. The second-order valence-electron chi connectivity index (χ2n) is 5.43. The lowest BCUT2D eigenvalue weighted by Crippen LogP contribution is -2.38. The van der Waals surface area contributed by atoms with Gasteiger partial charge in [-0.15, -0.1) is 13.2 Å². The Bertz CT molecular complexity index is 615. The molecule has 9 heteroatoms.